The van der Waals surface area contributed by atoms with Gasteiger partial charge in [0.1, 0.15) is 5.82 Å². The van der Waals surface area contributed by atoms with Gasteiger partial charge in [0.15, 0.2) is 6.10 Å². The molecule has 0 spiro atoms. The molecule has 0 radical (unpaired) electrons. The van der Waals surface area contributed by atoms with Crippen molar-refractivity contribution in [3.05, 3.63) is 62.4 Å². The zero-order chi connectivity index (χ0) is 17.0. The molecule has 7 heteroatoms. The van der Waals surface area contributed by atoms with Gasteiger partial charge in [0.2, 0.25) is 0 Å². The molecule has 0 aliphatic carbocycles. The van der Waals surface area contributed by atoms with Crippen LogP contribution in [0.5, 0.6) is 0 Å². The van der Waals surface area contributed by atoms with Gasteiger partial charge in [-0.1, -0.05) is 17.7 Å². The summed E-state index contributed by atoms with van der Waals surface area (Å²) in [5.74, 6) is -1.67. The quantitative estimate of drug-likeness (QED) is 0.563. The van der Waals surface area contributed by atoms with Gasteiger partial charge in [0.25, 0.3) is 5.91 Å². The number of hydrogen-bond acceptors (Lipinski definition) is 3. The van der Waals surface area contributed by atoms with Crippen LogP contribution in [0.1, 0.15) is 17.3 Å². The van der Waals surface area contributed by atoms with Crippen LogP contribution in [-0.4, -0.2) is 18.0 Å². The Morgan fingerprint density at radius 2 is 2.00 bits per heavy atom. The lowest BCUT2D eigenvalue weighted by molar-refractivity contribution is -0.123. The molecule has 0 heterocycles. The molecule has 120 valence electrons. The highest BCUT2D eigenvalue weighted by Gasteiger charge is 2.20. The highest BCUT2D eigenvalue weighted by molar-refractivity contribution is 14.1. The lowest BCUT2D eigenvalue weighted by Gasteiger charge is -2.14. The second-order valence-electron chi connectivity index (χ2n) is 4.67. The minimum Gasteiger partial charge on any atom is -0.449 e. The molecular weight excluding hydrogens is 436 g/mol. The first kappa shape index (κ1) is 17.7. The number of anilines is 1. The predicted molar refractivity (Wildman–Crippen MR) is 94.1 cm³/mol. The Morgan fingerprint density at radius 1 is 1.26 bits per heavy atom. The van der Waals surface area contributed by atoms with Crippen LogP contribution in [0.3, 0.4) is 0 Å². The number of hydrogen-bond donors (Lipinski definition) is 1. The van der Waals surface area contributed by atoms with Crippen LogP contribution in [-0.2, 0) is 9.53 Å². The van der Waals surface area contributed by atoms with E-state index in [1.807, 2.05) is 6.07 Å². The Morgan fingerprint density at radius 3 is 2.65 bits per heavy atom. The number of ether oxygens (including phenoxy) is 1. The van der Waals surface area contributed by atoms with Crippen LogP contribution >= 0.6 is 34.2 Å². The lowest BCUT2D eigenvalue weighted by atomic mass is 10.2. The average Bonchev–Trinajstić information content (AvgIpc) is 2.49. The number of nitrogens with one attached hydrogen (secondary N) is 1. The number of rotatable bonds is 4. The smallest absolute Gasteiger partial charge is 0.338 e. The number of halogens is 3. The van der Waals surface area contributed by atoms with E-state index in [1.54, 1.807) is 18.2 Å². The van der Waals surface area contributed by atoms with E-state index in [0.29, 0.717) is 5.56 Å². The Hall–Kier alpha value is -1.67. The maximum atomic E-state index is 13.0. The Labute approximate surface area is 151 Å². The number of carbonyl (C=O) groups excluding carboxylic acids is 2. The minimum atomic E-state index is -1.03. The molecule has 0 fully saturated rings. The summed E-state index contributed by atoms with van der Waals surface area (Å²) in [5, 5.41) is 2.55. The van der Waals surface area contributed by atoms with Crippen LogP contribution in [0.25, 0.3) is 0 Å². The number of esters is 1. The fraction of sp³-hybridized carbons (Fsp3) is 0.125. The van der Waals surface area contributed by atoms with Gasteiger partial charge in [0.05, 0.1) is 16.3 Å². The summed E-state index contributed by atoms with van der Waals surface area (Å²) < 4.78 is 19.0. The van der Waals surface area contributed by atoms with E-state index in [1.165, 1.54) is 19.1 Å². The van der Waals surface area contributed by atoms with Crippen LogP contribution in [0, 0.1) is 9.39 Å². The predicted octanol–water partition coefficient (Wildman–Crippen LogP) is 4.27. The summed E-state index contributed by atoms with van der Waals surface area (Å²) in [6.45, 7) is 1.44. The monoisotopic (exact) mass is 447 g/mol. The third kappa shape index (κ3) is 4.90. The Bertz CT molecular complexity index is 754. The van der Waals surface area contributed by atoms with Crippen molar-refractivity contribution >= 4 is 51.8 Å². The Kier molecular flexibility index (Phi) is 5.95. The highest BCUT2D eigenvalue weighted by atomic mass is 127. The van der Waals surface area contributed by atoms with Crippen molar-refractivity contribution in [1.29, 1.82) is 0 Å². The van der Waals surface area contributed by atoms with Gasteiger partial charge >= 0.3 is 5.97 Å². The van der Waals surface area contributed by atoms with Crippen LogP contribution in [0.15, 0.2) is 42.5 Å². The normalized spacial score (nSPS) is 11.7. The molecule has 23 heavy (non-hydrogen) atoms. The summed E-state index contributed by atoms with van der Waals surface area (Å²) in [5.41, 5.74) is 0.603. The second kappa shape index (κ2) is 7.74. The minimum absolute atomic E-state index is 0.0643. The van der Waals surface area contributed by atoms with E-state index in [9.17, 15) is 14.0 Å². The van der Waals surface area contributed by atoms with Crippen molar-refractivity contribution in [2.75, 3.05) is 5.32 Å². The third-order valence-corrected chi connectivity index (χ3v) is 3.89. The SMILES string of the molecule is CC(OC(=O)c1cccc(I)c1)C(=O)Nc1ccc(F)cc1Cl. The maximum absolute atomic E-state index is 13.0. The number of benzene rings is 2. The summed E-state index contributed by atoms with van der Waals surface area (Å²) in [4.78, 5) is 24.0. The van der Waals surface area contributed by atoms with Gasteiger partial charge < -0.3 is 10.1 Å². The van der Waals surface area contributed by atoms with Crippen molar-refractivity contribution in [3.8, 4) is 0 Å². The fourth-order valence-corrected chi connectivity index (χ4v) is 2.48. The molecule has 0 bridgehead atoms. The van der Waals surface area contributed by atoms with Crippen molar-refractivity contribution < 1.29 is 18.7 Å². The largest absolute Gasteiger partial charge is 0.449 e. The molecule has 1 amide bonds. The zero-order valence-corrected chi connectivity index (χ0v) is 14.9. The van der Waals surface area contributed by atoms with Gasteiger partial charge in [-0.3, -0.25) is 4.79 Å². The second-order valence-corrected chi connectivity index (χ2v) is 6.32. The standard InChI is InChI=1S/C16H12ClFINO3/c1-9(23-16(22)10-3-2-4-12(19)7-10)15(21)20-14-6-5-11(18)8-13(14)17/h2-9H,1H3,(H,20,21). The molecule has 0 saturated carbocycles. The van der Waals surface area contributed by atoms with Gasteiger partial charge in [0, 0.05) is 3.57 Å². The molecule has 0 saturated heterocycles. The number of carbonyl (C=O) groups is 2. The van der Waals surface area contributed by atoms with E-state index in [0.717, 1.165) is 9.64 Å². The molecule has 1 N–H and O–H groups in total. The van der Waals surface area contributed by atoms with Gasteiger partial charge in [-0.15, -0.1) is 0 Å². The van der Waals surface area contributed by atoms with Gasteiger partial charge in [-0.2, -0.15) is 0 Å². The molecule has 1 unspecified atom stereocenters. The Balaban J connectivity index is 2.01. The maximum Gasteiger partial charge on any atom is 0.338 e. The molecule has 0 aromatic heterocycles. The van der Waals surface area contributed by atoms with E-state index in [4.69, 9.17) is 16.3 Å². The van der Waals surface area contributed by atoms with Crippen LogP contribution in [0.4, 0.5) is 10.1 Å². The molecule has 0 aliphatic rings. The fourth-order valence-electron chi connectivity index (χ4n) is 1.72. The number of amides is 1. The van der Waals surface area contributed by atoms with E-state index >= 15 is 0 Å². The average molecular weight is 448 g/mol. The van der Waals surface area contributed by atoms with E-state index in [-0.39, 0.29) is 10.7 Å². The summed E-state index contributed by atoms with van der Waals surface area (Å²) in [6.07, 6.45) is -1.03. The first-order chi connectivity index (χ1) is 10.9. The van der Waals surface area contributed by atoms with Crippen LogP contribution < -0.4 is 5.32 Å². The summed E-state index contributed by atoms with van der Waals surface area (Å²) >= 11 is 7.91. The van der Waals surface area contributed by atoms with Crippen molar-refractivity contribution in [1.82, 2.24) is 0 Å². The lowest BCUT2D eigenvalue weighted by Crippen LogP contribution is -2.30. The van der Waals surface area contributed by atoms with Crippen molar-refractivity contribution in [3.63, 3.8) is 0 Å². The van der Waals surface area contributed by atoms with Crippen LogP contribution in [0.2, 0.25) is 5.02 Å². The molecule has 2 aromatic carbocycles. The van der Waals surface area contributed by atoms with Gasteiger partial charge in [-0.05, 0) is 65.9 Å². The van der Waals surface area contributed by atoms with Crippen molar-refractivity contribution in [2.24, 2.45) is 0 Å². The van der Waals surface area contributed by atoms with E-state index < -0.39 is 23.8 Å². The van der Waals surface area contributed by atoms with Gasteiger partial charge in [-0.25, -0.2) is 9.18 Å². The molecule has 2 aromatic rings. The first-order valence-corrected chi connectivity index (χ1v) is 8.05. The first-order valence-electron chi connectivity index (χ1n) is 6.59. The van der Waals surface area contributed by atoms with Crippen molar-refractivity contribution in [2.45, 2.75) is 13.0 Å². The molecule has 4 nitrogen and oxygen atoms in total. The summed E-state index contributed by atoms with van der Waals surface area (Å²) in [6, 6.07) is 10.4. The molecular formula is C16H12ClFINO3. The topological polar surface area (TPSA) is 55.4 Å². The zero-order valence-electron chi connectivity index (χ0n) is 12.0. The third-order valence-electron chi connectivity index (χ3n) is 2.90. The highest BCUT2D eigenvalue weighted by Crippen LogP contribution is 2.22. The van der Waals surface area contributed by atoms with E-state index in [2.05, 4.69) is 27.9 Å². The summed E-state index contributed by atoms with van der Waals surface area (Å²) in [7, 11) is 0. The molecule has 1 atom stereocenters. The molecule has 2 rings (SSSR count). The molecule has 0 aliphatic heterocycles.